The van der Waals surface area contributed by atoms with Crippen LogP contribution in [0.25, 0.3) is 0 Å². The van der Waals surface area contributed by atoms with E-state index in [4.69, 9.17) is 5.73 Å². The molecule has 1 heterocycles. The molecule has 0 radical (unpaired) electrons. The van der Waals surface area contributed by atoms with Crippen molar-refractivity contribution in [3.63, 3.8) is 0 Å². The topological polar surface area (TPSA) is 92.4 Å². The van der Waals surface area contributed by atoms with Crippen molar-refractivity contribution in [2.24, 2.45) is 0 Å². The summed E-state index contributed by atoms with van der Waals surface area (Å²) in [4.78, 5) is 0. The van der Waals surface area contributed by atoms with Crippen molar-refractivity contribution < 1.29 is 13.5 Å². The first kappa shape index (κ1) is 11.2. The summed E-state index contributed by atoms with van der Waals surface area (Å²) in [5, 5.41) is 12.6. The van der Waals surface area contributed by atoms with Crippen LogP contribution in [0.15, 0.2) is 24.3 Å². The van der Waals surface area contributed by atoms with Crippen LogP contribution in [-0.4, -0.2) is 37.2 Å². The van der Waals surface area contributed by atoms with Crippen molar-refractivity contribution in [1.82, 2.24) is 0 Å². The van der Waals surface area contributed by atoms with Crippen molar-refractivity contribution in [2.75, 3.05) is 22.6 Å². The number of anilines is 2. The number of nitrogens with one attached hydrogen (secondary N) is 1. The average molecular weight is 242 g/mol. The monoisotopic (exact) mass is 242 g/mol. The molecule has 0 amide bonds. The Morgan fingerprint density at radius 2 is 2.00 bits per heavy atom. The van der Waals surface area contributed by atoms with E-state index in [2.05, 4.69) is 5.32 Å². The molecule has 0 bridgehead atoms. The molecular weight excluding hydrogens is 228 g/mol. The van der Waals surface area contributed by atoms with E-state index in [1.807, 2.05) is 0 Å². The maximum atomic E-state index is 11.3. The Morgan fingerprint density at radius 1 is 1.31 bits per heavy atom. The van der Waals surface area contributed by atoms with Crippen LogP contribution in [0.4, 0.5) is 11.4 Å². The summed E-state index contributed by atoms with van der Waals surface area (Å²) >= 11 is 0. The van der Waals surface area contributed by atoms with Gasteiger partial charge in [0.2, 0.25) is 0 Å². The van der Waals surface area contributed by atoms with Gasteiger partial charge < -0.3 is 16.2 Å². The first-order chi connectivity index (χ1) is 7.48. The fourth-order valence-corrected chi connectivity index (χ4v) is 3.54. The minimum Gasteiger partial charge on any atom is -0.397 e. The Hall–Kier alpha value is -1.27. The molecule has 1 aromatic carbocycles. The third kappa shape index (κ3) is 2.28. The molecule has 0 saturated carbocycles. The highest BCUT2D eigenvalue weighted by atomic mass is 32.2. The largest absolute Gasteiger partial charge is 0.397 e. The normalized spacial score (nSPS) is 27.8. The van der Waals surface area contributed by atoms with Gasteiger partial charge in [0.25, 0.3) is 0 Å². The Kier molecular flexibility index (Phi) is 2.77. The molecule has 0 aromatic heterocycles. The zero-order valence-electron chi connectivity index (χ0n) is 8.63. The summed E-state index contributed by atoms with van der Waals surface area (Å²) in [6.07, 6.45) is -0.871. The number of hydrogen-bond acceptors (Lipinski definition) is 5. The van der Waals surface area contributed by atoms with Gasteiger partial charge in [-0.2, -0.15) is 0 Å². The lowest BCUT2D eigenvalue weighted by molar-refractivity contribution is 0.190. The van der Waals surface area contributed by atoms with Crippen LogP contribution in [0.1, 0.15) is 0 Å². The fraction of sp³-hybridized carbons (Fsp3) is 0.400. The molecule has 0 unspecified atom stereocenters. The first-order valence-electron chi connectivity index (χ1n) is 4.97. The van der Waals surface area contributed by atoms with Crippen molar-refractivity contribution in [3.05, 3.63) is 24.3 Å². The number of aliphatic hydroxyl groups is 1. The van der Waals surface area contributed by atoms with E-state index < -0.39 is 22.0 Å². The van der Waals surface area contributed by atoms with Crippen molar-refractivity contribution in [3.8, 4) is 0 Å². The van der Waals surface area contributed by atoms with Crippen molar-refractivity contribution >= 4 is 21.2 Å². The quantitative estimate of drug-likeness (QED) is 0.627. The van der Waals surface area contributed by atoms with Crippen LogP contribution in [0.3, 0.4) is 0 Å². The van der Waals surface area contributed by atoms with Gasteiger partial charge in [-0.3, -0.25) is 0 Å². The molecule has 1 aromatic rings. The molecule has 5 nitrogen and oxygen atoms in total. The molecule has 4 N–H and O–H groups in total. The number of aliphatic hydroxyl groups excluding tert-OH is 1. The maximum absolute atomic E-state index is 11.3. The minimum absolute atomic E-state index is 0.0531. The van der Waals surface area contributed by atoms with Crippen LogP contribution in [0.2, 0.25) is 0 Å². The molecule has 0 aliphatic carbocycles. The maximum Gasteiger partial charge on any atom is 0.155 e. The lowest BCUT2D eigenvalue weighted by Gasteiger charge is -2.17. The first-order valence-corrected chi connectivity index (χ1v) is 6.79. The highest BCUT2D eigenvalue weighted by Crippen LogP contribution is 2.22. The molecule has 1 fully saturated rings. The molecule has 1 aliphatic heterocycles. The standard InChI is InChI=1S/C10H14N2O3S/c11-7-3-1-2-4-8(7)12-9-5-16(14,15)6-10(9)13/h1-4,9-10,12-13H,5-6,11H2/t9-,10-/m0/s1. The van der Waals surface area contributed by atoms with Gasteiger partial charge in [-0.05, 0) is 12.1 Å². The summed E-state index contributed by atoms with van der Waals surface area (Å²) < 4.78 is 22.6. The second kappa shape index (κ2) is 3.95. The lowest BCUT2D eigenvalue weighted by atomic mass is 10.2. The number of benzene rings is 1. The highest BCUT2D eigenvalue weighted by Gasteiger charge is 2.36. The smallest absolute Gasteiger partial charge is 0.155 e. The Bertz CT molecular complexity index is 487. The van der Waals surface area contributed by atoms with E-state index in [1.165, 1.54) is 0 Å². The molecular formula is C10H14N2O3S. The van der Waals surface area contributed by atoms with E-state index >= 15 is 0 Å². The summed E-state index contributed by atoms with van der Waals surface area (Å²) in [6, 6.07) is 6.59. The molecule has 16 heavy (non-hydrogen) atoms. The van der Waals surface area contributed by atoms with E-state index in [1.54, 1.807) is 24.3 Å². The summed E-state index contributed by atoms with van der Waals surface area (Å²) in [5.74, 6) is -0.236. The highest BCUT2D eigenvalue weighted by molar-refractivity contribution is 7.91. The van der Waals surface area contributed by atoms with Gasteiger partial charge in [-0.25, -0.2) is 8.42 Å². The molecule has 1 saturated heterocycles. The Morgan fingerprint density at radius 3 is 2.56 bits per heavy atom. The average Bonchev–Trinajstić information content (AvgIpc) is 2.44. The van der Waals surface area contributed by atoms with Crippen LogP contribution < -0.4 is 11.1 Å². The predicted octanol–water partition coefficient (Wildman–Crippen LogP) is -0.161. The second-order valence-electron chi connectivity index (χ2n) is 3.98. The number of nitrogen functional groups attached to an aromatic ring is 1. The van der Waals surface area contributed by atoms with Gasteiger partial charge in [0, 0.05) is 0 Å². The van der Waals surface area contributed by atoms with Gasteiger partial charge in [0.05, 0.1) is 35.0 Å². The number of nitrogens with two attached hydrogens (primary N) is 1. The SMILES string of the molecule is Nc1ccccc1N[C@H]1CS(=O)(=O)C[C@@H]1O. The van der Waals surface area contributed by atoms with E-state index in [9.17, 15) is 13.5 Å². The van der Waals surface area contributed by atoms with Gasteiger partial charge in [-0.1, -0.05) is 12.1 Å². The molecule has 88 valence electrons. The zero-order valence-corrected chi connectivity index (χ0v) is 9.44. The predicted molar refractivity (Wildman–Crippen MR) is 62.9 cm³/mol. The summed E-state index contributed by atoms with van der Waals surface area (Å²) in [7, 11) is -3.13. The molecule has 1 aliphatic rings. The Labute approximate surface area is 94.2 Å². The fourth-order valence-electron chi connectivity index (χ4n) is 1.80. The molecule has 6 heteroatoms. The lowest BCUT2D eigenvalue weighted by Crippen LogP contribution is -2.32. The third-order valence-electron chi connectivity index (χ3n) is 2.62. The zero-order chi connectivity index (χ0) is 11.8. The summed E-state index contributed by atoms with van der Waals surface area (Å²) in [5.41, 5.74) is 6.92. The van der Waals surface area contributed by atoms with Crippen LogP contribution in [0.5, 0.6) is 0 Å². The number of rotatable bonds is 2. The van der Waals surface area contributed by atoms with E-state index in [0.29, 0.717) is 11.4 Å². The molecule has 2 rings (SSSR count). The van der Waals surface area contributed by atoms with Crippen molar-refractivity contribution in [1.29, 1.82) is 0 Å². The molecule has 2 atom stereocenters. The van der Waals surface area contributed by atoms with Crippen molar-refractivity contribution in [2.45, 2.75) is 12.1 Å². The molecule has 0 spiro atoms. The number of para-hydroxylation sites is 2. The van der Waals surface area contributed by atoms with Gasteiger partial charge in [0.15, 0.2) is 9.84 Å². The third-order valence-corrected chi connectivity index (χ3v) is 4.34. The number of sulfone groups is 1. The van der Waals surface area contributed by atoms with E-state index in [0.717, 1.165) is 0 Å². The van der Waals surface area contributed by atoms with Crippen LogP contribution >= 0.6 is 0 Å². The Balaban J connectivity index is 2.15. The second-order valence-corrected chi connectivity index (χ2v) is 6.14. The van der Waals surface area contributed by atoms with E-state index in [-0.39, 0.29) is 11.5 Å². The van der Waals surface area contributed by atoms with Gasteiger partial charge in [0.1, 0.15) is 0 Å². The minimum atomic E-state index is -3.13. The van der Waals surface area contributed by atoms with Gasteiger partial charge >= 0.3 is 0 Å². The summed E-state index contributed by atoms with van der Waals surface area (Å²) in [6.45, 7) is 0. The van der Waals surface area contributed by atoms with Crippen LogP contribution in [0, 0.1) is 0 Å². The number of hydrogen-bond donors (Lipinski definition) is 3. The van der Waals surface area contributed by atoms with Crippen LogP contribution in [-0.2, 0) is 9.84 Å². The van der Waals surface area contributed by atoms with Gasteiger partial charge in [-0.15, -0.1) is 0 Å².